The van der Waals surface area contributed by atoms with Crippen LogP contribution in [0.25, 0.3) is 0 Å². The highest BCUT2D eigenvalue weighted by Crippen LogP contribution is 2.21. The third-order valence-electron chi connectivity index (χ3n) is 4.00. The molecular formula is C15H19ClN6O3. The van der Waals surface area contributed by atoms with Crippen molar-refractivity contribution in [2.75, 3.05) is 31.6 Å². The summed E-state index contributed by atoms with van der Waals surface area (Å²) in [6.07, 6.45) is 2.87. The molecule has 1 saturated heterocycles. The van der Waals surface area contributed by atoms with Crippen molar-refractivity contribution in [3.05, 3.63) is 28.8 Å². The first-order chi connectivity index (χ1) is 12.0. The van der Waals surface area contributed by atoms with Gasteiger partial charge in [0.15, 0.2) is 0 Å². The summed E-state index contributed by atoms with van der Waals surface area (Å²) in [5.74, 6) is -0.634. The van der Waals surface area contributed by atoms with Gasteiger partial charge in [-0.15, -0.1) is 0 Å². The van der Waals surface area contributed by atoms with Gasteiger partial charge in [-0.1, -0.05) is 11.6 Å². The Kier molecular flexibility index (Phi) is 5.05. The molecule has 0 spiro atoms. The maximum atomic E-state index is 12.9. The summed E-state index contributed by atoms with van der Waals surface area (Å²) < 4.78 is 8.23. The Labute approximate surface area is 149 Å². The van der Waals surface area contributed by atoms with Gasteiger partial charge in [0.25, 0.3) is 11.8 Å². The molecule has 25 heavy (non-hydrogen) atoms. The summed E-state index contributed by atoms with van der Waals surface area (Å²) in [6.45, 7) is 4.40. The standard InChI is InChI=1S/C15H19ClN6O3/c1-3-22-13(15(24)21-4-6-25-7-5-21)11(9-18-22)19-14(23)12-10(16)8-17-20(12)2/h8-9H,3-7H2,1-2H3,(H,19,23). The van der Waals surface area contributed by atoms with Crippen molar-refractivity contribution in [2.24, 2.45) is 7.05 Å². The number of aromatic nitrogens is 4. The van der Waals surface area contributed by atoms with E-state index < -0.39 is 5.91 Å². The number of rotatable bonds is 4. The molecule has 0 bridgehead atoms. The van der Waals surface area contributed by atoms with Crippen LogP contribution < -0.4 is 5.32 Å². The highest BCUT2D eigenvalue weighted by atomic mass is 35.5. The largest absolute Gasteiger partial charge is 0.378 e. The second-order valence-electron chi connectivity index (χ2n) is 5.55. The number of hydrogen-bond donors (Lipinski definition) is 1. The third kappa shape index (κ3) is 3.38. The van der Waals surface area contributed by atoms with Crippen LogP contribution in [0.1, 0.15) is 27.9 Å². The molecule has 1 fully saturated rings. The molecule has 3 heterocycles. The molecule has 0 aliphatic carbocycles. The quantitative estimate of drug-likeness (QED) is 0.871. The van der Waals surface area contributed by atoms with Gasteiger partial charge in [0.2, 0.25) is 0 Å². The highest BCUT2D eigenvalue weighted by molar-refractivity contribution is 6.34. The van der Waals surface area contributed by atoms with Crippen molar-refractivity contribution < 1.29 is 14.3 Å². The molecule has 2 aromatic rings. The smallest absolute Gasteiger partial charge is 0.275 e. The van der Waals surface area contributed by atoms with Crippen LogP contribution in [0.15, 0.2) is 12.4 Å². The lowest BCUT2D eigenvalue weighted by Gasteiger charge is -2.27. The predicted octanol–water partition coefficient (Wildman–Crippen LogP) is 1.01. The van der Waals surface area contributed by atoms with E-state index in [1.54, 1.807) is 16.6 Å². The average Bonchev–Trinajstić information content (AvgIpc) is 3.17. The van der Waals surface area contributed by atoms with E-state index in [0.717, 1.165) is 0 Å². The molecule has 0 radical (unpaired) electrons. The molecule has 3 rings (SSSR count). The first-order valence-corrected chi connectivity index (χ1v) is 8.32. The van der Waals surface area contributed by atoms with Gasteiger partial charge in [-0.2, -0.15) is 10.2 Å². The molecule has 134 valence electrons. The van der Waals surface area contributed by atoms with Crippen molar-refractivity contribution in [3.63, 3.8) is 0 Å². The lowest BCUT2D eigenvalue weighted by atomic mass is 10.2. The van der Waals surface area contributed by atoms with Crippen molar-refractivity contribution in [3.8, 4) is 0 Å². The van der Waals surface area contributed by atoms with Crippen LogP contribution in [0.2, 0.25) is 5.02 Å². The Hall–Kier alpha value is -2.39. The maximum Gasteiger partial charge on any atom is 0.275 e. The number of halogens is 1. The summed E-state index contributed by atoms with van der Waals surface area (Å²) in [5, 5.41) is 11.1. The van der Waals surface area contributed by atoms with Gasteiger partial charge in [0.1, 0.15) is 11.4 Å². The Morgan fingerprint density at radius 2 is 1.96 bits per heavy atom. The molecule has 1 aliphatic rings. The summed E-state index contributed by atoms with van der Waals surface area (Å²) in [4.78, 5) is 27.1. The van der Waals surface area contributed by atoms with E-state index in [-0.39, 0.29) is 16.6 Å². The van der Waals surface area contributed by atoms with Crippen molar-refractivity contribution >= 4 is 29.1 Å². The van der Waals surface area contributed by atoms with Crippen molar-refractivity contribution in [1.29, 1.82) is 0 Å². The fourth-order valence-electron chi connectivity index (χ4n) is 2.71. The number of nitrogens with zero attached hydrogens (tertiary/aromatic N) is 5. The monoisotopic (exact) mass is 366 g/mol. The predicted molar refractivity (Wildman–Crippen MR) is 90.8 cm³/mol. The second kappa shape index (κ2) is 7.24. The minimum absolute atomic E-state index is 0.186. The number of anilines is 1. The molecule has 1 N–H and O–H groups in total. The zero-order chi connectivity index (χ0) is 18.0. The zero-order valence-corrected chi connectivity index (χ0v) is 14.8. The number of ether oxygens (including phenoxy) is 1. The Balaban J connectivity index is 1.88. The molecule has 0 unspecified atom stereocenters. The minimum Gasteiger partial charge on any atom is -0.378 e. The number of aryl methyl sites for hydroxylation is 2. The van der Waals surface area contributed by atoms with Crippen LogP contribution in [-0.2, 0) is 18.3 Å². The van der Waals surface area contributed by atoms with Crippen LogP contribution in [0.3, 0.4) is 0 Å². The molecule has 9 nitrogen and oxygen atoms in total. The summed E-state index contributed by atoms with van der Waals surface area (Å²) in [5.41, 5.74) is 0.910. The molecule has 0 atom stereocenters. The van der Waals surface area contributed by atoms with E-state index in [1.807, 2.05) is 6.92 Å². The van der Waals surface area contributed by atoms with Gasteiger partial charge >= 0.3 is 0 Å². The van der Waals surface area contributed by atoms with E-state index >= 15 is 0 Å². The SMILES string of the molecule is CCn1ncc(NC(=O)c2c(Cl)cnn2C)c1C(=O)N1CCOCC1. The highest BCUT2D eigenvalue weighted by Gasteiger charge is 2.27. The van der Waals surface area contributed by atoms with Gasteiger partial charge in [-0.25, -0.2) is 0 Å². The number of carbonyl (C=O) groups excluding carboxylic acids is 2. The Morgan fingerprint density at radius 1 is 1.24 bits per heavy atom. The van der Waals surface area contributed by atoms with E-state index in [4.69, 9.17) is 16.3 Å². The first kappa shape index (κ1) is 17.4. The van der Waals surface area contributed by atoms with Crippen LogP contribution in [0.4, 0.5) is 5.69 Å². The van der Waals surface area contributed by atoms with E-state index in [0.29, 0.717) is 44.2 Å². The maximum absolute atomic E-state index is 12.9. The van der Waals surface area contributed by atoms with Crippen LogP contribution in [0.5, 0.6) is 0 Å². The van der Waals surface area contributed by atoms with Gasteiger partial charge in [0.05, 0.1) is 36.3 Å². The van der Waals surface area contributed by atoms with Gasteiger partial charge in [-0.3, -0.25) is 19.0 Å². The van der Waals surface area contributed by atoms with Gasteiger partial charge < -0.3 is 15.0 Å². The second-order valence-corrected chi connectivity index (χ2v) is 5.95. The Bertz CT molecular complexity index is 774. The molecule has 0 aromatic carbocycles. The van der Waals surface area contributed by atoms with Crippen LogP contribution in [-0.4, -0.2) is 62.6 Å². The van der Waals surface area contributed by atoms with Gasteiger partial charge in [-0.05, 0) is 6.92 Å². The topological polar surface area (TPSA) is 94.3 Å². The molecular weight excluding hydrogens is 348 g/mol. The molecule has 2 amide bonds. The van der Waals surface area contributed by atoms with E-state index in [2.05, 4.69) is 15.5 Å². The van der Waals surface area contributed by atoms with E-state index in [1.165, 1.54) is 17.1 Å². The third-order valence-corrected chi connectivity index (χ3v) is 4.27. The van der Waals surface area contributed by atoms with Gasteiger partial charge in [0, 0.05) is 26.7 Å². The molecule has 1 aliphatic heterocycles. The van der Waals surface area contributed by atoms with Crippen LogP contribution >= 0.6 is 11.6 Å². The molecule has 0 saturated carbocycles. The summed E-state index contributed by atoms with van der Waals surface area (Å²) >= 11 is 6.01. The van der Waals surface area contributed by atoms with E-state index in [9.17, 15) is 9.59 Å². The number of nitrogens with one attached hydrogen (secondary N) is 1. The summed E-state index contributed by atoms with van der Waals surface area (Å²) in [7, 11) is 1.62. The fraction of sp³-hybridized carbons (Fsp3) is 0.467. The normalized spacial score (nSPS) is 14.6. The molecule has 10 heteroatoms. The number of amides is 2. The lowest BCUT2D eigenvalue weighted by Crippen LogP contribution is -2.41. The fourth-order valence-corrected chi connectivity index (χ4v) is 2.96. The first-order valence-electron chi connectivity index (χ1n) is 7.94. The minimum atomic E-state index is -0.448. The number of carbonyl (C=O) groups is 2. The zero-order valence-electron chi connectivity index (χ0n) is 14.0. The number of morpholine rings is 1. The van der Waals surface area contributed by atoms with Crippen molar-refractivity contribution in [1.82, 2.24) is 24.5 Å². The average molecular weight is 367 g/mol. The summed E-state index contributed by atoms with van der Waals surface area (Å²) in [6, 6.07) is 0. The molecule has 2 aromatic heterocycles. The van der Waals surface area contributed by atoms with Crippen molar-refractivity contribution in [2.45, 2.75) is 13.5 Å². The van der Waals surface area contributed by atoms with Crippen LogP contribution in [0, 0.1) is 0 Å². The lowest BCUT2D eigenvalue weighted by molar-refractivity contribution is 0.0295. The number of hydrogen-bond acceptors (Lipinski definition) is 5. The Morgan fingerprint density at radius 3 is 2.56 bits per heavy atom.